The fourth-order valence-corrected chi connectivity index (χ4v) is 4.10. The average Bonchev–Trinajstić information content (AvgIpc) is 2.67. The molecule has 1 saturated heterocycles. The Hall–Kier alpha value is -2.38. The van der Waals surface area contributed by atoms with E-state index >= 15 is 0 Å². The lowest BCUT2D eigenvalue weighted by Gasteiger charge is -2.54. The van der Waals surface area contributed by atoms with Crippen LogP contribution in [0.5, 0.6) is 0 Å². The molecule has 172 valence electrons. The zero-order chi connectivity index (χ0) is 23.2. The third-order valence-corrected chi connectivity index (χ3v) is 5.31. The second-order valence-corrected chi connectivity index (χ2v) is 9.36. The van der Waals surface area contributed by atoms with E-state index in [-0.39, 0.29) is 36.4 Å². The molecule has 1 unspecified atom stereocenters. The highest BCUT2D eigenvalue weighted by atomic mass is 16.7. The molecule has 1 atom stereocenters. The highest BCUT2D eigenvalue weighted by Crippen LogP contribution is 2.41. The normalized spacial score (nSPS) is 19.3. The Morgan fingerprint density at radius 1 is 1.16 bits per heavy atom. The number of carbonyl (C=O) groups excluding carboxylic acids is 2. The molecule has 1 aliphatic heterocycles. The van der Waals surface area contributed by atoms with Crippen LogP contribution in [-0.2, 0) is 19.1 Å². The molecular weight excluding hydrogens is 396 g/mol. The van der Waals surface area contributed by atoms with E-state index in [0.717, 1.165) is 5.56 Å². The Balaban J connectivity index is 1.90. The van der Waals surface area contributed by atoms with Crippen molar-refractivity contribution in [2.24, 2.45) is 0 Å². The van der Waals surface area contributed by atoms with Gasteiger partial charge in [0.1, 0.15) is 18.8 Å². The number of esters is 1. The maximum Gasteiger partial charge on any atom is 0.407 e. The third-order valence-electron chi connectivity index (χ3n) is 5.31. The van der Waals surface area contributed by atoms with E-state index in [1.807, 2.05) is 30.2 Å². The largest absolute Gasteiger partial charge is 0.460 e. The number of rotatable bonds is 8. The maximum atomic E-state index is 12.2. The smallest absolute Gasteiger partial charge is 0.407 e. The monoisotopic (exact) mass is 432 g/mol. The van der Waals surface area contributed by atoms with Crippen LogP contribution in [0, 0.1) is 0 Å². The Morgan fingerprint density at radius 2 is 1.74 bits per heavy atom. The van der Waals surface area contributed by atoms with Crippen molar-refractivity contribution in [3.63, 3.8) is 0 Å². The van der Waals surface area contributed by atoms with Crippen molar-refractivity contribution in [1.82, 2.24) is 10.4 Å². The first-order chi connectivity index (χ1) is 14.4. The molecular formula is C24H36N2O5. The number of ether oxygens (including phenoxy) is 2. The molecule has 0 aliphatic carbocycles. The first-order valence-corrected chi connectivity index (χ1v) is 10.7. The van der Waals surface area contributed by atoms with Gasteiger partial charge >= 0.3 is 12.1 Å². The predicted molar refractivity (Wildman–Crippen MR) is 119 cm³/mol. The van der Waals surface area contributed by atoms with Crippen molar-refractivity contribution in [3.05, 3.63) is 48.0 Å². The quantitative estimate of drug-likeness (QED) is 0.369. The summed E-state index contributed by atoms with van der Waals surface area (Å²) in [4.78, 5) is 30.0. The lowest BCUT2D eigenvalue weighted by molar-refractivity contribution is -0.313. The number of hydrogen-bond donors (Lipinski definition) is 1. The first-order valence-electron chi connectivity index (χ1n) is 10.7. The summed E-state index contributed by atoms with van der Waals surface area (Å²) in [5, 5.41) is 4.68. The molecule has 0 aromatic heterocycles. The van der Waals surface area contributed by atoms with Gasteiger partial charge in [0.05, 0.1) is 6.54 Å². The number of carbonyl (C=O) groups is 2. The molecule has 1 fully saturated rings. The van der Waals surface area contributed by atoms with Crippen molar-refractivity contribution >= 4 is 12.1 Å². The van der Waals surface area contributed by atoms with Gasteiger partial charge in [0.15, 0.2) is 0 Å². The second-order valence-electron chi connectivity index (χ2n) is 9.36. The zero-order valence-electron chi connectivity index (χ0n) is 19.6. The fraction of sp³-hybridized carbons (Fsp3) is 0.583. The van der Waals surface area contributed by atoms with Crippen molar-refractivity contribution in [3.8, 4) is 0 Å². The summed E-state index contributed by atoms with van der Waals surface area (Å²) < 4.78 is 10.6. The predicted octanol–water partition coefficient (Wildman–Crippen LogP) is 4.55. The van der Waals surface area contributed by atoms with Crippen molar-refractivity contribution < 1.29 is 23.9 Å². The van der Waals surface area contributed by atoms with E-state index < -0.39 is 12.1 Å². The number of amides is 1. The van der Waals surface area contributed by atoms with Gasteiger partial charge in [0.2, 0.25) is 0 Å². The molecule has 0 saturated carbocycles. The minimum atomic E-state index is -0.519. The minimum Gasteiger partial charge on any atom is -0.460 e. The number of hydrogen-bond acceptors (Lipinski definition) is 6. The highest BCUT2D eigenvalue weighted by Gasteiger charge is 2.48. The van der Waals surface area contributed by atoms with Crippen LogP contribution in [0.1, 0.15) is 66.1 Å². The summed E-state index contributed by atoms with van der Waals surface area (Å²) in [6, 6.07) is 10.1. The van der Waals surface area contributed by atoms with E-state index in [0.29, 0.717) is 18.4 Å². The van der Waals surface area contributed by atoms with Crippen LogP contribution in [0.15, 0.2) is 42.5 Å². The number of piperidine rings is 1. The van der Waals surface area contributed by atoms with E-state index in [9.17, 15) is 9.59 Å². The summed E-state index contributed by atoms with van der Waals surface area (Å²) in [5.41, 5.74) is 0.751. The summed E-state index contributed by atoms with van der Waals surface area (Å²) >= 11 is 0. The SMILES string of the molecule is C=C(C)C(=O)OCCNC(=O)OC1CC(C)(C)N(OC(C)c2ccccc2)C(C)(C)C1. The summed E-state index contributed by atoms with van der Waals surface area (Å²) in [6.07, 6.45) is 0.402. The number of alkyl carbamates (subject to hydrolysis) is 1. The third kappa shape index (κ3) is 7.08. The van der Waals surface area contributed by atoms with Crippen molar-refractivity contribution in [2.45, 2.75) is 77.7 Å². The molecule has 1 amide bonds. The van der Waals surface area contributed by atoms with Gasteiger partial charge in [-0.25, -0.2) is 9.59 Å². The number of benzene rings is 1. The van der Waals surface area contributed by atoms with Gasteiger partial charge in [-0.3, -0.25) is 4.84 Å². The molecule has 1 aromatic carbocycles. The van der Waals surface area contributed by atoms with Crippen LogP contribution in [0.3, 0.4) is 0 Å². The molecule has 2 rings (SSSR count). The lowest BCUT2D eigenvalue weighted by atomic mass is 9.80. The topological polar surface area (TPSA) is 77.1 Å². The second kappa shape index (κ2) is 10.3. The van der Waals surface area contributed by atoms with Crippen molar-refractivity contribution in [2.75, 3.05) is 13.2 Å². The molecule has 7 heteroatoms. The zero-order valence-corrected chi connectivity index (χ0v) is 19.6. The Morgan fingerprint density at radius 3 is 2.29 bits per heavy atom. The molecule has 0 bridgehead atoms. The molecule has 7 nitrogen and oxygen atoms in total. The highest BCUT2D eigenvalue weighted by molar-refractivity contribution is 5.86. The van der Waals surface area contributed by atoms with E-state index in [1.165, 1.54) is 0 Å². The number of hydroxylamine groups is 2. The summed E-state index contributed by atoms with van der Waals surface area (Å²) in [5.74, 6) is -0.476. The van der Waals surface area contributed by atoms with Crippen LogP contribution in [0.25, 0.3) is 0 Å². The van der Waals surface area contributed by atoms with Gasteiger partial charge in [-0.15, -0.1) is 0 Å². The van der Waals surface area contributed by atoms with Crippen LogP contribution >= 0.6 is 0 Å². The van der Waals surface area contributed by atoms with Crippen LogP contribution < -0.4 is 5.32 Å². The van der Waals surface area contributed by atoms with Gasteiger partial charge < -0.3 is 14.8 Å². The van der Waals surface area contributed by atoms with E-state index in [1.54, 1.807) is 6.92 Å². The Kier molecular flexibility index (Phi) is 8.26. The summed E-state index contributed by atoms with van der Waals surface area (Å²) in [6.45, 7) is 15.8. The van der Waals surface area contributed by atoms with Crippen LogP contribution in [0.4, 0.5) is 4.79 Å². The molecule has 1 aromatic rings. The Bertz CT molecular complexity index is 757. The van der Waals surface area contributed by atoms with E-state index in [4.69, 9.17) is 14.3 Å². The minimum absolute atomic E-state index is 0.0709. The first kappa shape index (κ1) is 24.9. The maximum absolute atomic E-state index is 12.2. The van der Waals surface area contributed by atoms with Gasteiger partial charge in [0.25, 0.3) is 0 Å². The molecule has 1 N–H and O–H groups in total. The average molecular weight is 433 g/mol. The number of nitrogens with one attached hydrogen (secondary N) is 1. The van der Waals surface area contributed by atoms with Gasteiger partial charge in [-0.05, 0) is 47.1 Å². The van der Waals surface area contributed by atoms with Gasteiger partial charge in [-0.2, -0.15) is 5.06 Å². The lowest BCUT2D eigenvalue weighted by Crippen LogP contribution is -2.62. The molecule has 1 heterocycles. The van der Waals surface area contributed by atoms with Gasteiger partial charge in [-0.1, -0.05) is 36.9 Å². The number of nitrogens with zero attached hydrogens (tertiary/aromatic N) is 1. The molecule has 1 aliphatic rings. The summed E-state index contributed by atoms with van der Waals surface area (Å²) in [7, 11) is 0. The van der Waals surface area contributed by atoms with Crippen LogP contribution in [-0.4, -0.2) is 47.5 Å². The fourth-order valence-electron chi connectivity index (χ4n) is 4.10. The van der Waals surface area contributed by atoms with Gasteiger partial charge in [0, 0.05) is 29.5 Å². The molecule has 0 radical (unpaired) electrons. The van der Waals surface area contributed by atoms with Crippen molar-refractivity contribution in [1.29, 1.82) is 0 Å². The van der Waals surface area contributed by atoms with E-state index in [2.05, 4.69) is 51.7 Å². The Labute approximate surface area is 185 Å². The van der Waals surface area contributed by atoms with Crippen LogP contribution in [0.2, 0.25) is 0 Å². The molecule has 0 spiro atoms. The molecule has 31 heavy (non-hydrogen) atoms. The standard InChI is InChI=1S/C24H36N2O5/c1-17(2)21(27)29-14-13-25-22(28)30-20-15-23(4,5)26(24(6,7)16-20)31-18(3)19-11-9-8-10-12-19/h8-12,18,20H,1,13-16H2,2-7H3,(H,25,28).